The van der Waals surface area contributed by atoms with E-state index < -0.39 is 28.5 Å². The zero-order valence-corrected chi connectivity index (χ0v) is 21.3. The normalized spacial score (nSPS) is 19.4. The van der Waals surface area contributed by atoms with Crippen LogP contribution in [0.3, 0.4) is 0 Å². The number of anilines is 1. The monoisotopic (exact) mass is 517 g/mol. The van der Waals surface area contributed by atoms with E-state index in [1.54, 1.807) is 26.8 Å². The topological polar surface area (TPSA) is 118 Å². The minimum absolute atomic E-state index is 0.0792. The molecule has 10 nitrogen and oxygen atoms in total. The molecule has 12 heteroatoms. The number of hydrogen-bond acceptors (Lipinski definition) is 8. The van der Waals surface area contributed by atoms with Gasteiger partial charge in [-0.3, -0.25) is 14.0 Å². The van der Waals surface area contributed by atoms with E-state index in [2.05, 4.69) is 14.8 Å². The second-order valence-corrected chi connectivity index (χ2v) is 11.0. The fourth-order valence-corrected chi connectivity index (χ4v) is 5.57. The number of hydrogen-bond donors (Lipinski definition) is 2. The van der Waals surface area contributed by atoms with Gasteiger partial charge >= 0.3 is 6.09 Å². The predicted octanol–water partition coefficient (Wildman–Crippen LogP) is 3.34. The van der Waals surface area contributed by atoms with Crippen molar-refractivity contribution in [1.29, 1.82) is 0 Å². The van der Waals surface area contributed by atoms with Crippen LogP contribution in [-0.2, 0) is 9.57 Å². The lowest BCUT2D eigenvalue weighted by molar-refractivity contribution is 0.0524. The van der Waals surface area contributed by atoms with Crippen LogP contribution in [-0.4, -0.2) is 53.1 Å². The van der Waals surface area contributed by atoms with Crippen molar-refractivity contribution in [2.45, 2.75) is 45.3 Å². The Morgan fingerprint density at radius 2 is 2.06 bits per heavy atom. The molecule has 1 atom stereocenters. The fraction of sp³-hybridized carbons (Fsp3) is 0.500. The molecule has 1 aliphatic carbocycles. The third-order valence-corrected chi connectivity index (χ3v) is 7.20. The predicted molar refractivity (Wildman–Crippen MR) is 137 cm³/mol. The van der Waals surface area contributed by atoms with Crippen molar-refractivity contribution in [3.63, 3.8) is 0 Å². The number of halogens is 1. The molecular formula is C24H28FN5O5S. The highest BCUT2D eigenvalue weighted by Crippen LogP contribution is 2.41. The third kappa shape index (κ3) is 4.45. The molecule has 1 amide bonds. The maximum absolute atomic E-state index is 15.4. The van der Waals surface area contributed by atoms with Gasteiger partial charge in [-0.25, -0.2) is 9.18 Å². The first-order valence-corrected chi connectivity index (χ1v) is 12.6. The van der Waals surface area contributed by atoms with E-state index in [9.17, 15) is 14.4 Å². The minimum Gasteiger partial charge on any atom is -0.444 e. The number of carbonyl (C=O) groups excluding carboxylic acids is 1. The zero-order chi connectivity index (χ0) is 25.8. The summed E-state index contributed by atoms with van der Waals surface area (Å²) in [6.45, 7) is 6.27. The summed E-state index contributed by atoms with van der Waals surface area (Å²) < 4.78 is 25.4. The maximum Gasteiger partial charge on any atom is 0.407 e. The number of oxime groups is 1. The van der Waals surface area contributed by atoms with Crippen LogP contribution in [0.15, 0.2) is 26.9 Å². The number of alkyl carbamates (subject to hydrolysis) is 1. The number of amides is 1. The largest absolute Gasteiger partial charge is 0.444 e. The molecule has 2 fully saturated rings. The van der Waals surface area contributed by atoms with Crippen molar-refractivity contribution < 1.29 is 18.8 Å². The molecule has 1 unspecified atom stereocenters. The maximum atomic E-state index is 15.4. The first-order chi connectivity index (χ1) is 17.1. The van der Waals surface area contributed by atoms with Crippen molar-refractivity contribution in [1.82, 2.24) is 14.3 Å². The van der Waals surface area contributed by atoms with Gasteiger partial charge in [0.25, 0.3) is 5.56 Å². The Labute approximate surface area is 209 Å². The molecule has 192 valence electrons. The van der Waals surface area contributed by atoms with Crippen LogP contribution in [0, 0.1) is 11.7 Å². The molecular weight excluding hydrogens is 489 g/mol. The highest BCUT2D eigenvalue weighted by Gasteiger charge is 2.34. The molecule has 0 bridgehead atoms. The van der Waals surface area contributed by atoms with Gasteiger partial charge in [-0.05, 0) is 57.3 Å². The molecule has 3 heterocycles. The molecule has 1 aliphatic heterocycles. The van der Waals surface area contributed by atoms with E-state index in [1.807, 2.05) is 9.47 Å². The number of nitrogens with zero attached hydrogens (tertiary/aromatic N) is 3. The lowest BCUT2D eigenvalue weighted by atomic mass is 10.1. The molecule has 0 radical (unpaired) electrons. The summed E-state index contributed by atoms with van der Waals surface area (Å²) in [4.78, 5) is 44.9. The van der Waals surface area contributed by atoms with Crippen LogP contribution >= 0.6 is 11.5 Å². The summed E-state index contributed by atoms with van der Waals surface area (Å²) in [5.41, 5.74) is 0.0454. The first-order valence-electron chi connectivity index (χ1n) is 11.8. The Kier molecular flexibility index (Phi) is 6.01. The number of ether oxygens (including phenoxy) is 1. The van der Waals surface area contributed by atoms with Crippen LogP contribution in [0.4, 0.5) is 14.9 Å². The SMILES string of the molecule is CO/N=C1\CN(c2cc3c(cc2F)c(=O)c2c(=O)[nH]sc2n3C2CC2)CC1CNC(=O)OC(C)(C)C. The number of nitrogens with one attached hydrogen (secondary N) is 2. The lowest BCUT2D eigenvalue weighted by Crippen LogP contribution is -2.37. The number of rotatable bonds is 5. The van der Waals surface area contributed by atoms with E-state index in [-0.39, 0.29) is 29.3 Å². The Morgan fingerprint density at radius 1 is 1.31 bits per heavy atom. The number of pyridine rings is 1. The van der Waals surface area contributed by atoms with Gasteiger partial charge in [-0.1, -0.05) is 5.16 Å². The van der Waals surface area contributed by atoms with Gasteiger partial charge in [0.2, 0.25) is 5.43 Å². The summed E-state index contributed by atoms with van der Waals surface area (Å²) in [6.07, 6.45) is 1.31. The highest BCUT2D eigenvalue weighted by molar-refractivity contribution is 7.12. The van der Waals surface area contributed by atoms with E-state index in [0.29, 0.717) is 34.8 Å². The molecule has 1 aromatic carbocycles. The van der Waals surface area contributed by atoms with Crippen LogP contribution in [0.5, 0.6) is 0 Å². The summed E-state index contributed by atoms with van der Waals surface area (Å²) in [6, 6.07) is 3.07. The average molecular weight is 518 g/mol. The summed E-state index contributed by atoms with van der Waals surface area (Å²) >= 11 is 1.13. The van der Waals surface area contributed by atoms with Crippen molar-refractivity contribution >= 4 is 50.1 Å². The Balaban J connectivity index is 1.50. The highest BCUT2D eigenvalue weighted by atomic mass is 32.1. The number of benzene rings is 1. The second kappa shape index (κ2) is 8.91. The first kappa shape index (κ1) is 24.3. The lowest BCUT2D eigenvalue weighted by Gasteiger charge is -2.22. The molecule has 0 spiro atoms. The van der Waals surface area contributed by atoms with Crippen molar-refractivity contribution in [3.05, 3.63) is 38.5 Å². The van der Waals surface area contributed by atoms with E-state index in [4.69, 9.17) is 9.57 Å². The van der Waals surface area contributed by atoms with Crippen LogP contribution in [0.25, 0.3) is 21.1 Å². The Bertz CT molecular complexity index is 1500. The fourth-order valence-electron chi connectivity index (χ4n) is 4.65. The second-order valence-electron chi connectivity index (χ2n) is 10.2. The Morgan fingerprint density at radius 3 is 2.72 bits per heavy atom. The molecule has 2 aromatic heterocycles. The number of fused-ring (bicyclic) bond motifs is 2. The molecule has 1 saturated heterocycles. The van der Waals surface area contributed by atoms with Gasteiger partial charge in [-0.15, -0.1) is 0 Å². The van der Waals surface area contributed by atoms with E-state index >= 15 is 4.39 Å². The van der Waals surface area contributed by atoms with Crippen LogP contribution in [0.2, 0.25) is 0 Å². The number of carbonyl (C=O) groups is 1. The molecule has 2 N–H and O–H groups in total. The summed E-state index contributed by atoms with van der Waals surface area (Å²) in [5, 5.41) is 7.13. The number of aromatic amines is 1. The molecule has 3 aromatic rings. The van der Waals surface area contributed by atoms with Gasteiger partial charge in [0.1, 0.15) is 28.7 Å². The van der Waals surface area contributed by atoms with Gasteiger partial charge in [0.15, 0.2) is 0 Å². The summed E-state index contributed by atoms with van der Waals surface area (Å²) in [7, 11) is 1.44. The quantitative estimate of drug-likeness (QED) is 0.501. The average Bonchev–Trinajstić information content (AvgIpc) is 3.44. The van der Waals surface area contributed by atoms with Gasteiger partial charge in [0, 0.05) is 30.4 Å². The number of H-pyrrole nitrogens is 1. The molecule has 5 rings (SSSR count). The van der Waals surface area contributed by atoms with E-state index in [1.165, 1.54) is 13.2 Å². The zero-order valence-electron chi connectivity index (χ0n) is 20.5. The smallest absolute Gasteiger partial charge is 0.407 e. The van der Waals surface area contributed by atoms with Gasteiger partial charge in [-0.2, -0.15) is 0 Å². The van der Waals surface area contributed by atoms with Crippen LogP contribution < -0.4 is 21.2 Å². The van der Waals surface area contributed by atoms with Crippen molar-refractivity contribution in [3.8, 4) is 0 Å². The Hall–Kier alpha value is -3.41. The summed E-state index contributed by atoms with van der Waals surface area (Å²) in [5.74, 6) is -0.791. The third-order valence-electron chi connectivity index (χ3n) is 6.31. The van der Waals surface area contributed by atoms with Gasteiger partial charge in [0.05, 0.1) is 23.5 Å². The van der Waals surface area contributed by atoms with Gasteiger partial charge < -0.3 is 24.4 Å². The molecule has 2 aliphatic rings. The van der Waals surface area contributed by atoms with Crippen LogP contribution in [0.1, 0.15) is 39.7 Å². The molecule has 36 heavy (non-hydrogen) atoms. The van der Waals surface area contributed by atoms with E-state index in [0.717, 1.165) is 24.4 Å². The van der Waals surface area contributed by atoms with Crippen molar-refractivity contribution in [2.24, 2.45) is 11.1 Å². The standard InChI is InChI=1S/C24H28FN5O5S/c1-24(2,3)35-23(33)26-9-12-10-29(11-16(12)27-34-4)18-8-17-14(7-15(18)25)20(31)19-21(32)28-36-22(19)30(17)13-5-6-13/h7-8,12-13H,5-6,9-11H2,1-4H3,(H,26,33)(H,28,32)/b27-16+. The van der Waals surface area contributed by atoms with Crippen molar-refractivity contribution in [2.75, 3.05) is 31.6 Å². The number of aromatic nitrogens is 2. The molecule has 1 saturated carbocycles. The minimum atomic E-state index is -0.626.